The average Bonchev–Trinajstić information content (AvgIpc) is 2.04. The summed E-state index contributed by atoms with van der Waals surface area (Å²) in [6, 6.07) is 0. The molecule has 2 heteroatoms. The maximum Gasteiger partial charge on any atom is 0.337 e. The van der Waals surface area contributed by atoms with Gasteiger partial charge in [0, 0.05) is 0 Å². The molecule has 0 aliphatic carbocycles. The first-order valence-corrected chi connectivity index (χ1v) is 4.04. The summed E-state index contributed by atoms with van der Waals surface area (Å²) in [6.07, 6.45) is 5.49. The van der Waals surface area contributed by atoms with Gasteiger partial charge in [-0.05, 0) is 12.8 Å². The van der Waals surface area contributed by atoms with Crippen LogP contribution in [0, 0.1) is 5.92 Å². The summed E-state index contributed by atoms with van der Waals surface area (Å²) >= 11 is 0. The molecule has 0 saturated heterocycles. The zero-order valence-electron chi connectivity index (χ0n) is 8.13. The maximum absolute atomic E-state index is 11.0. The van der Waals surface area contributed by atoms with Crippen LogP contribution in [0.15, 0.2) is 23.8 Å². The SMILES string of the molecule is CC=C(C=CC(C)C)C(=O)OC. The van der Waals surface area contributed by atoms with E-state index in [1.165, 1.54) is 7.11 Å². The lowest BCUT2D eigenvalue weighted by Crippen LogP contribution is -2.02. The fourth-order valence-electron chi connectivity index (χ4n) is 0.696. The molecule has 0 aliphatic heterocycles. The molecule has 0 aliphatic rings. The molecular formula is C10H16O2. The van der Waals surface area contributed by atoms with Crippen LogP contribution in [0.2, 0.25) is 0 Å². The molecule has 2 nitrogen and oxygen atoms in total. The Balaban J connectivity index is 4.30. The third-order valence-electron chi connectivity index (χ3n) is 1.39. The molecule has 0 rings (SSSR count). The van der Waals surface area contributed by atoms with Gasteiger partial charge in [0.15, 0.2) is 0 Å². The van der Waals surface area contributed by atoms with Crippen molar-refractivity contribution in [2.75, 3.05) is 7.11 Å². The van der Waals surface area contributed by atoms with Crippen LogP contribution in [-0.4, -0.2) is 13.1 Å². The fourth-order valence-corrected chi connectivity index (χ4v) is 0.696. The summed E-state index contributed by atoms with van der Waals surface area (Å²) in [5, 5.41) is 0. The van der Waals surface area contributed by atoms with Crippen molar-refractivity contribution in [3.05, 3.63) is 23.8 Å². The minimum Gasteiger partial charge on any atom is -0.465 e. The topological polar surface area (TPSA) is 26.3 Å². The Bertz CT molecular complexity index is 200. The normalized spacial score (nSPS) is 12.6. The van der Waals surface area contributed by atoms with E-state index in [9.17, 15) is 4.79 Å². The van der Waals surface area contributed by atoms with Crippen LogP contribution >= 0.6 is 0 Å². The van der Waals surface area contributed by atoms with E-state index in [-0.39, 0.29) is 5.97 Å². The first-order chi connectivity index (χ1) is 5.61. The summed E-state index contributed by atoms with van der Waals surface area (Å²) in [5.74, 6) is 0.166. The zero-order valence-corrected chi connectivity index (χ0v) is 8.13. The molecule has 68 valence electrons. The molecule has 0 aromatic carbocycles. The molecule has 0 fully saturated rings. The van der Waals surface area contributed by atoms with Crippen molar-refractivity contribution in [1.29, 1.82) is 0 Å². The summed E-state index contributed by atoms with van der Waals surface area (Å²) in [4.78, 5) is 11.0. The van der Waals surface area contributed by atoms with Gasteiger partial charge in [0.05, 0.1) is 12.7 Å². The van der Waals surface area contributed by atoms with Gasteiger partial charge >= 0.3 is 5.97 Å². The lowest BCUT2D eigenvalue weighted by Gasteiger charge is -1.99. The highest BCUT2D eigenvalue weighted by Crippen LogP contribution is 2.03. The van der Waals surface area contributed by atoms with Crippen molar-refractivity contribution < 1.29 is 9.53 Å². The largest absolute Gasteiger partial charge is 0.465 e. The Morgan fingerprint density at radius 3 is 2.33 bits per heavy atom. The molecule has 0 aromatic heterocycles. The molecule has 0 saturated carbocycles. The summed E-state index contributed by atoms with van der Waals surface area (Å²) in [6.45, 7) is 5.93. The van der Waals surface area contributed by atoms with Crippen LogP contribution in [0.1, 0.15) is 20.8 Å². The molecule has 0 spiro atoms. The lowest BCUT2D eigenvalue weighted by molar-refractivity contribution is -0.135. The number of hydrogen-bond acceptors (Lipinski definition) is 2. The number of carbonyl (C=O) groups excluding carboxylic acids is 1. The van der Waals surface area contributed by atoms with E-state index < -0.39 is 0 Å². The minimum atomic E-state index is -0.283. The number of hydrogen-bond donors (Lipinski definition) is 0. The van der Waals surface area contributed by atoms with Gasteiger partial charge in [0.2, 0.25) is 0 Å². The van der Waals surface area contributed by atoms with Crippen molar-refractivity contribution in [2.45, 2.75) is 20.8 Å². The Morgan fingerprint density at radius 1 is 1.42 bits per heavy atom. The number of allylic oxidation sites excluding steroid dienone is 2. The molecule has 0 N–H and O–H groups in total. The van der Waals surface area contributed by atoms with E-state index in [4.69, 9.17) is 0 Å². The minimum absolute atomic E-state index is 0.283. The fraction of sp³-hybridized carbons (Fsp3) is 0.500. The summed E-state index contributed by atoms with van der Waals surface area (Å²) < 4.78 is 4.58. The predicted molar refractivity (Wildman–Crippen MR) is 49.8 cm³/mol. The highest BCUT2D eigenvalue weighted by molar-refractivity contribution is 5.91. The van der Waals surface area contributed by atoms with Gasteiger partial charge < -0.3 is 4.74 Å². The number of methoxy groups -OCH3 is 1. The van der Waals surface area contributed by atoms with Gasteiger partial charge in [0.1, 0.15) is 0 Å². The Labute approximate surface area is 73.9 Å². The van der Waals surface area contributed by atoms with Crippen molar-refractivity contribution in [1.82, 2.24) is 0 Å². The molecule has 0 unspecified atom stereocenters. The molecule has 12 heavy (non-hydrogen) atoms. The van der Waals surface area contributed by atoms with Crippen LogP contribution in [-0.2, 0) is 9.53 Å². The second-order valence-electron chi connectivity index (χ2n) is 2.84. The lowest BCUT2D eigenvalue weighted by atomic mass is 10.1. The van der Waals surface area contributed by atoms with E-state index in [2.05, 4.69) is 18.6 Å². The molecular weight excluding hydrogens is 152 g/mol. The quantitative estimate of drug-likeness (QED) is 0.367. The third kappa shape index (κ3) is 3.96. The molecule has 0 amide bonds. The summed E-state index contributed by atoms with van der Waals surface area (Å²) in [7, 11) is 1.38. The Morgan fingerprint density at radius 2 is 2.00 bits per heavy atom. The number of carbonyl (C=O) groups is 1. The average molecular weight is 168 g/mol. The molecule has 0 heterocycles. The standard InChI is InChI=1S/C10H16O2/c1-5-9(10(11)12-4)7-6-8(2)3/h5-8H,1-4H3. The maximum atomic E-state index is 11.0. The van der Waals surface area contributed by atoms with Crippen LogP contribution in [0.25, 0.3) is 0 Å². The second kappa shape index (κ2) is 5.58. The van der Waals surface area contributed by atoms with Crippen LogP contribution in [0.5, 0.6) is 0 Å². The summed E-state index contributed by atoms with van der Waals surface area (Å²) in [5.41, 5.74) is 0.603. The van der Waals surface area contributed by atoms with E-state index in [1.54, 1.807) is 12.2 Å². The van der Waals surface area contributed by atoms with Crippen LogP contribution in [0.4, 0.5) is 0 Å². The predicted octanol–water partition coefficient (Wildman–Crippen LogP) is 2.32. The van der Waals surface area contributed by atoms with E-state index >= 15 is 0 Å². The van der Waals surface area contributed by atoms with Crippen molar-refractivity contribution in [3.8, 4) is 0 Å². The smallest absolute Gasteiger partial charge is 0.337 e. The van der Waals surface area contributed by atoms with Crippen LogP contribution in [0.3, 0.4) is 0 Å². The second-order valence-corrected chi connectivity index (χ2v) is 2.84. The van der Waals surface area contributed by atoms with Crippen molar-refractivity contribution >= 4 is 5.97 Å². The van der Waals surface area contributed by atoms with Gasteiger partial charge in [-0.15, -0.1) is 0 Å². The van der Waals surface area contributed by atoms with E-state index in [1.807, 2.05) is 13.0 Å². The highest BCUT2D eigenvalue weighted by Gasteiger charge is 2.03. The Hall–Kier alpha value is -1.05. The van der Waals surface area contributed by atoms with Gasteiger partial charge in [-0.25, -0.2) is 4.79 Å². The molecule has 0 atom stereocenters. The number of rotatable bonds is 3. The highest BCUT2D eigenvalue weighted by atomic mass is 16.5. The Kier molecular flexibility index (Phi) is 5.09. The van der Waals surface area contributed by atoms with Gasteiger partial charge in [-0.3, -0.25) is 0 Å². The van der Waals surface area contributed by atoms with Crippen molar-refractivity contribution in [2.24, 2.45) is 5.92 Å². The third-order valence-corrected chi connectivity index (χ3v) is 1.39. The van der Waals surface area contributed by atoms with Gasteiger partial charge in [-0.2, -0.15) is 0 Å². The van der Waals surface area contributed by atoms with Gasteiger partial charge in [-0.1, -0.05) is 32.1 Å². The van der Waals surface area contributed by atoms with Gasteiger partial charge in [0.25, 0.3) is 0 Å². The first kappa shape index (κ1) is 11.0. The van der Waals surface area contributed by atoms with Crippen molar-refractivity contribution in [3.63, 3.8) is 0 Å². The zero-order chi connectivity index (χ0) is 9.56. The molecule has 0 bridgehead atoms. The molecule has 0 radical (unpaired) electrons. The monoisotopic (exact) mass is 168 g/mol. The number of ether oxygens (including phenoxy) is 1. The van der Waals surface area contributed by atoms with E-state index in [0.717, 1.165) is 0 Å². The van der Waals surface area contributed by atoms with E-state index in [0.29, 0.717) is 11.5 Å². The number of esters is 1. The van der Waals surface area contributed by atoms with Crippen LogP contribution < -0.4 is 0 Å². The molecule has 0 aromatic rings. The first-order valence-electron chi connectivity index (χ1n) is 4.04.